The van der Waals surface area contributed by atoms with Gasteiger partial charge >= 0.3 is 0 Å². The van der Waals surface area contributed by atoms with Gasteiger partial charge in [-0.3, -0.25) is 0 Å². The van der Waals surface area contributed by atoms with Crippen molar-refractivity contribution in [3.8, 4) is 0 Å². The van der Waals surface area contributed by atoms with Gasteiger partial charge in [-0.05, 0) is 43.7 Å². The normalized spacial score (nSPS) is 10.6. The number of unbranched alkanes of at least 4 members (excludes halogenated alkanes) is 1. The average Bonchev–Trinajstić information content (AvgIpc) is 2.46. The quantitative estimate of drug-likeness (QED) is 0.427. The Kier molecular flexibility index (Phi) is 6.24. The van der Waals surface area contributed by atoms with Crippen molar-refractivity contribution in [2.24, 2.45) is 0 Å². The molecule has 0 aliphatic carbocycles. The van der Waals surface area contributed by atoms with Crippen LogP contribution in [0, 0.1) is 6.92 Å². The number of nitrogens with zero attached hydrogens (tertiary/aromatic N) is 2. The lowest BCUT2D eigenvalue weighted by Crippen LogP contribution is -1.88. The first-order valence-electron chi connectivity index (χ1n) is 6.44. The summed E-state index contributed by atoms with van der Waals surface area (Å²) in [6.45, 7) is 2.12. The first kappa shape index (κ1) is 14.4. The minimum Gasteiger partial charge on any atom is -0.231 e. The summed E-state index contributed by atoms with van der Waals surface area (Å²) < 4.78 is 0. The lowest BCUT2D eigenvalue weighted by Gasteiger charge is -2.02. The highest BCUT2D eigenvalue weighted by molar-refractivity contribution is 7.99. The third-order valence-corrected chi connectivity index (χ3v) is 4.66. The molecule has 0 bridgehead atoms. The summed E-state index contributed by atoms with van der Waals surface area (Å²) in [5, 5.41) is 0.883. The van der Waals surface area contributed by atoms with Gasteiger partial charge in [-0.15, -0.1) is 11.8 Å². The first-order chi connectivity index (χ1) is 9.34. The Balaban J connectivity index is 1.56. The third-order valence-electron chi connectivity index (χ3n) is 2.60. The molecule has 1 heterocycles. The molecule has 0 aliphatic rings. The molecule has 100 valence electrons. The molecule has 0 saturated heterocycles. The van der Waals surface area contributed by atoms with Gasteiger partial charge in [-0.25, -0.2) is 9.97 Å². The number of aryl methyl sites for hydroxylation is 1. The Labute approximate surface area is 123 Å². The van der Waals surface area contributed by atoms with Gasteiger partial charge < -0.3 is 0 Å². The van der Waals surface area contributed by atoms with E-state index in [-0.39, 0.29) is 0 Å². The molecule has 1 aromatic heterocycles. The van der Waals surface area contributed by atoms with Crippen LogP contribution < -0.4 is 0 Å². The van der Waals surface area contributed by atoms with Gasteiger partial charge in [0.15, 0.2) is 5.16 Å². The molecular weight excluding hydrogens is 272 g/mol. The summed E-state index contributed by atoms with van der Waals surface area (Å²) in [6, 6.07) is 10.6. The van der Waals surface area contributed by atoms with Crippen molar-refractivity contribution >= 4 is 23.5 Å². The van der Waals surface area contributed by atoms with Crippen LogP contribution in [0.25, 0.3) is 0 Å². The van der Waals surface area contributed by atoms with E-state index >= 15 is 0 Å². The predicted molar refractivity (Wildman–Crippen MR) is 83.9 cm³/mol. The first-order valence-corrected chi connectivity index (χ1v) is 8.41. The van der Waals surface area contributed by atoms with Gasteiger partial charge in [-0.1, -0.05) is 29.5 Å². The van der Waals surface area contributed by atoms with E-state index in [1.54, 1.807) is 24.2 Å². The van der Waals surface area contributed by atoms with Gasteiger partial charge in [-0.2, -0.15) is 0 Å². The lowest BCUT2D eigenvalue weighted by molar-refractivity contribution is 0.897. The molecule has 0 amide bonds. The fourth-order valence-corrected chi connectivity index (χ4v) is 3.27. The average molecular weight is 290 g/mol. The van der Waals surface area contributed by atoms with E-state index in [1.165, 1.54) is 29.1 Å². The molecule has 0 atom stereocenters. The molecule has 0 unspecified atom stereocenters. The van der Waals surface area contributed by atoms with Gasteiger partial charge in [0.05, 0.1) is 0 Å². The van der Waals surface area contributed by atoms with Crippen LogP contribution >= 0.6 is 23.5 Å². The Morgan fingerprint density at radius 3 is 2.21 bits per heavy atom. The van der Waals surface area contributed by atoms with E-state index in [2.05, 4.69) is 41.2 Å². The SMILES string of the molecule is Cc1ccc(SCCCCSc2ncccn2)cc1. The van der Waals surface area contributed by atoms with E-state index in [0.717, 1.165) is 10.9 Å². The summed E-state index contributed by atoms with van der Waals surface area (Å²) in [6.07, 6.45) is 6.03. The second kappa shape index (κ2) is 8.23. The summed E-state index contributed by atoms with van der Waals surface area (Å²) in [7, 11) is 0. The number of benzene rings is 1. The monoisotopic (exact) mass is 290 g/mol. The highest BCUT2D eigenvalue weighted by Crippen LogP contribution is 2.20. The molecule has 2 nitrogen and oxygen atoms in total. The second-order valence-corrected chi connectivity index (χ2v) is 6.48. The molecule has 0 N–H and O–H groups in total. The van der Waals surface area contributed by atoms with E-state index in [1.807, 2.05) is 17.8 Å². The predicted octanol–water partition coefficient (Wildman–Crippen LogP) is 4.45. The summed E-state index contributed by atoms with van der Waals surface area (Å²) >= 11 is 3.67. The number of aromatic nitrogens is 2. The summed E-state index contributed by atoms with van der Waals surface area (Å²) in [5.41, 5.74) is 1.32. The van der Waals surface area contributed by atoms with Crippen LogP contribution in [0.4, 0.5) is 0 Å². The fraction of sp³-hybridized carbons (Fsp3) is 0.333. The Hall–Kier alpha value is -1.00. The molecule has 2 aromatic rings. The highest BCUT2D eigenvalue weighted by atomic mass is 32.2. The molecule has 0 aliphatic heterocycles. The van der Waals surface area contributed by atoms with Crippen LogP contribution in [0.2, 0.25) is 0 Å². The Morgan fingerprint density at radius 2 is 1.53 bits per heavy atom. The van der Waals surface area contributed by atoms with Crippen LogP contribution in [0.1, 0.15) is 18.4 Å². The fourth-order valence-electron chi connectivity index (χ4n) is 1.55. The molecule has 0 spiro atoms. The van der Waals surface area contributed by atoms with Crippen LogP contribution in [-0.2, 0) is 0 Å². The molecule has 0 fully saturated rings. The zero-order valence-corrected chi connectivity index (χ0v) is 12.7. The van der Waals surface area contributed by atoms with Crippen molar-refractivity contribution in [2.45, 2.75) is 29.8 Å². The molecule has 1 aromatic carbocycles. The third kappa shape index (κ3) is 5.66. The van der Waals surface area contributed by atoms with Gasteiger partial charge in [0.1, 0.15) is 0 Å². The maximum absolute atomic E-state index is 4.20. The van der Waals surface area contributed by atoms with Crippen molar-refractivity contribution in [1.82, 2.24) is 9.97 Å². The van der Waals surface area contributed by atoms with Crippen molar-refractivity contribution in [2.75, 3.05) is 11.5 Å². The van der Waals surface area contributed by atoms with Gasteiger partial charge in [0, 0.05) is 23.0 Å². The number of hydrogen-bond acceptors (Lipinski definition) is 4. The maximum atomic E-state index is 4.20. The minimum atomic E-state index is 0.883. The smallest absolute Gasteiger partial charge is 0.187 e. The molecular formula is C15H18N2S2. The van der Waals surface area contributed by atoms with E-state index in [4.69, 9.17) is 0 Å². The largest absolute Gasteiger partial charge is 0.231 e. The number of thioether (sulfide) groups is 2. The molecule has 19 heavy (non-hydrogen) atoms. The van der Waals surface area contributed by atoms with Gasteiger partial charge in [0.2, 0.25) is 0 Å². The van der Waals surface area contributed by atoms with Crippen molar-refractivity contribution in [1.29, 1.82) is 0 Å². The van der Waals surface area contributed by atoms with Crippen molar-refractivity contribution in [3.63, 3.8) is 0 Å². The van der Waals surface area contributed by atoms with Gasteiger partial charge in [0.25, 0.3) is 0 Å². The highest BCUT2D eigenvalue weighted by Gasteiger charge is 1.97. The number of hydrogen-bond donors (Lipinski definition) is 0. The molecule has 2 rings (SSSR count). The van der Waals surface area contributed by atoms with E-state index in [0.29, 0.717) is 0 Å². The molecule has 0 saturated carbocycles. The Morgan fingerprint density at radius 1 is 0.895 bits per heavy atom. The second-order valence-electron chi connectivity index (χ2n) is 4.25. The minimum absolute atomic E-state index is 0.883. The zero-order valence-electron chi connectivity index (χ0n) is 11.1. The van der Waals surface area contributed by atoms with Crippen LogP contribution in [0.5, 0.6) is 0 Å². The summed E-state index contributed by atoms with van der Waals surface area (Å²) in [4.78, 5) is 9.76. The zero-order chi connectivity index (χ0) is 13.3. The van der Waals surface area contributed by atoms with Crippen molar-refractivity contribution < 1.29 is 0 Å². The lowest BCUT2D eigenvalue weighted by atomic mass is 10.2. The van der Waals surface area contributed by atoms with Crippen LogP contribution in [0.15, 0.2) is 52.8 Å². The molecule has 4 heteroatoms. The topological polar surface area (TPSA) is 25.8 Å². The number of rotatable bonds is 7. The van der Waals surface area contributed by atoms with Crippen molar-refractivity contribution in [3.05, 3.63) is 48.3 Å². The standard InChI is InChI=1S/C15H18N2S2/c1-13-5-7-14(8-6-13)18-11-2-3-12-19-15-16-9-4-10-17-15/h4-10H,2-3,11-12H2,1H3. The maximum Gasteiger partial charge on any atom is 0.187 e. The Bertz CT molecular complexity index is 471. The van der Waals surface area contributed by atoms with E-state index < -0.39 is 0 Å². The van der Waals surface area contributed by atoms with Crippen LogP contribution in [0.3, 0.4) is 0 Å². The van der Waals surface area contributed by atoms with E-state index in [9.17, 15) is 0 Å². The van der Waals surface area contributed by atoms with Crippen LogP contribution in [-0.4, -0.2) is 21.5 Å². The summed E-state index contributed by atoms with van der Waals surface area (Å²) in [5.74, 6) is 2.28. The molecule has 0 radical (unpaired) electrons.